The Kier molecular flexibility index (Phi) is 4.53. The second-order valence-corrected chi connectivity index (χ2v) is 7.37. The first-order chi connectivity index (χ1) is 16.0. The third-order valence-corrected chi connectivity index (χ3v) is 5.00. The van der Waals surface area contributed by atoms with Gasteiger partial charge in [0.05, 0.1) is 12.7 Å². The normalized spacial score (nSPS) is 18.2. The fourth-order valence-electron chi connectivity index (χ4n) is 3.71. The van der Waals surface area contributed by atoms with Gasteiger partial charge in [-0.3, -0.25) is 0 Å². The molecule has 1 aliphatic carbocycles. The predicted molar refractivity (Wildman–Crippen MR) is 117 cm³/mol. The van der Waals surface area contributed by atoms with E-state index in [-0.39, 0.29) is 18.0 Å². The predicted octanol–water partition coefficient (Wildman–Crippen LogP) is 5.73. The highest BCUT2D eigenvalue weighted by molar-refractivity contribution is 5.70. The minimum Gasteiger partial charge on any atom is -0.502 e. The lowest BCUT2D eigenvalue weighted by Gasteiger charge is -2.13. The Labute approximate surface area is 182 Å². The molecular formula is C24H26N4O2. The van der Waals surface area contributed by atoms with Crippen molar-refractivity contribution >= 4 is 5.69 Å². The maximum Gasteiger partial charge on any atom is 0.256 e. The summed E-state index contributed by atoms with van der Waals surface area (Å²) in [6.07, 6.45) is -0.765. The number of rotatable bonds is 7. The van der Waals surface area contributed by atoms with Crippen molar-refractivity contribution < 1.29 is 14.7 Å². The van der Waals surface area contributed by atoms with Crippen LogP contribution in [0.4, 0.5) is 5.69 Å². The van der Waals surface area contributed by atoms with E-state index in [4.69, 9.17) is 21.3 Å². The number of fused-ring (bicyclic) bond motifs is 1. The lowest BCUT2D eigenvalue weighted by atomic mass is 10.0. The van der Waals surface area contributed by atoms with Crippen molar-refractivity contribution in [3.05, 3.63) is 58.9 Å². The number of ether oxygens (including phenoxy) is 1. The van der Waals surface area contributed by atoms with Crippen LogP contribution in [-0.4, -0.2) is 22.7 Å². The van der Waals surface area contributed by atoms with Gasteiger partial charge in [0.2, 0.25) is 11.5 Å². The molecule has 6 heteroatoms. The quantitative estimate of drug-likeness (QED) is 0.508. The number of hydrogen-bond donors (Lipinski definition) is 1. The first-order valence-corrected chi connectivity index (χ1v) is 9.92. The molecule has 0 saturated carbocycles. The standard InChI is InChI=1S/C24H26N4O2/c1-5-13-26-20-11-10-17-18(20)7-6-8-19(17)23-27-24(30-28-23)16-9-12-22(29-15(2)3)21(14-16)25-4/h6-9,12,14-15,20,26H,5,10-11,13H2,1-3H3/t20-/m0/s1/i5D2,13D2. The van der Waals surface area contributed by atoms with Crippen molar-refractivity contribution in [1.82, 2.24) is 15.5 Å². The van der Waals surface area contributed by atoms with Gasteiger partial charge in [-0.15, -0.1) is 0 Å². The number of hydrogen-bond acceptors (Lipinski definition) is 5. The smallest absolute Gasteiger partial charge is 0.256 e. The SMILES string of the molecule is [2H]C([2H])(C)C([2H])([2H])N[C@H]1CCc2c(-c3noc(-c4ccc(OC(C)C)c([N+]#[C-])c4)n3)cccc21. The summed E-state index contributed by atoms with van der Waals surface area (Å²) in [5.74, 6) is 1.20. The van der Waals surface area contributed by atoms with Gasteiger partial charge in [0.1, 0.15) is 5.75 Å². The van der Waals surface area contributed by atoms with Crippen LogP contribution in [0.2, 0.25) is 0 Å². The van der Waals surface area contributed by atoms with E-state index < -0.39 is 12.9 Å². The van der Waals surface area contributed by atoms with E-state index >= 15 is 0 Å². The van der Waals surface area contributed by atoms with Gasteiger partial charge in [-0.25, -0.2) is 4.85 Å². The van der Waals surface area contributed by atoms with E-state index in [1.807, 2.05) is 32.0 Å². The molecule has 0 bridgehead atoms. The molecule has 154 valence electrons. The average Bonchev–Trinajstić information content (AvgIpc) is 3.40. The van der Waals surface area contributed by atoms with Crippen molar-refractivity contribution in [3.8, 4) is 28.6 Å². The summed E-state index contributed by atoms with van der Waals surface area (Å²) in [6.45, 7) is 10.3. The molecule has 0 saturated heterocycles. The van der Waals surface area contributed by atoms with Crippen LogP contribution >= 0.6 is 0 Å². The molecular weight excluding hydrogens is 376 g/mol. The van der Waals surface area contributed by atoms with Gasteiger partial charge in [0.25, 0.3) is 5.89 Å². The molecule has 2 aromatic carbocycles. The molecule has 0 amide bonds. The summed E-state index contributed by atoms with van der Waals surface area (Å²) in [5.41, 5.74) is 3.67. The Balaban J connectivity index is 1.63. The van der Waals surface area contributed by atoms with Gasteiger partial charge in [-0.1, -0.05) is 30.3 Å². The van der Waals surface area contributed by atoms with Crippen molar-refractivity contribution in [1.29, 1.82) is 0 Å². The zero-order valence-electron chi connectivity index (χ0n) is 21.2. The number of nitrogens with one attached hydrogen (secondary N) is 1. The molecule has 30 heavy (non-hydrogen) atoms. The minimum absolute atomic E-state index is 0.0499. The van der Waals surface area contributed by atoms with E-state index in [1.165, 1.54) is 6.92 Å². The molecule has 6 nitrogen and oxygen atoms in total. The topological polar surface area (TPSA) is 64.5 Å². The van der Waals surface area contributed by atoms with Crippen LogP contribution < -0.4 is 10.1 Å². The van der Waals surface area contributed by atoms with Crippen molar-refractivity contribution in [2.45, 2.75) is 52.1 Å². The molecule has 3 aromatic rings. The first kappa shape index (κ1) is 15.6. The minimum atomic E-state index is -2.18. The Morgan fingerprint density at radius 1 is 1.37 bits per heavy atom. The summed E-state index contributed by atoms with van der Waals surface area (Å²) in [7, 11) is 0. The van der Waals surface area contributed by atoms with E-state index in [1.54, 1.807) is 18.2 Å². The molecule has 4 rings (SSSR count). The van der Waals surface area contributed by atoms with Crippen molar-refractivity contribution in [3.63, 3.8) is 0 Å². The van der Waals surface area contributed by atoms with Gasteiger partial charge in [0, 0.05) is 22.7 Å². The largest absolute Gasteiger partial charge is 0.502 e. The molecule has 1 aliphatic rings. The van der Waals surface area contributed by atoms with Crippen LogP contribution in [0.25, 0.3) is 27.7 Å². The zero-order chi connectivity index (χ0) is 24.7. The van der Waals surface area contributed by atoms with Crippen molar-refractivity contribution in [2.75, 3.05) is 6.50 Å². The van der Waals surface area contributed by atoms with E-state index in [0.29, 0.717) is 35.7 Å². The van der Waals surface area contributed by atoms with Crippen LogP contribution in [0.15, 0.2) is 40.9 Å². The van der Waals surface area contributed by atoms with E-state index in [9.17, 15) is 0 Å². The lowest BCUT2D eigenvalue weighted by molar-refractivity contribution is 0.244. The number of nitrogens with zero attached hydrogens (tertiary/aromatic N) is 3. The van der Waals surface area contributed by atoms with Crippen LogP contribution in [0.5, 0.6) is 5.75 Å². The maximum absolute atomic E-state index is 8.10. The van der Waals surface area contributed by atoms with Gasteiger partial charge >= 0.3 is 0 Å². The van der Waals surface area contributed by atoms with Crippen LogP contribution in [0.1, 0.15) is 56.2 Å². The summed E-state index contributed by atoms with van der Waals surface area (Å²) < 4.78 is 43.0. The highest BCUT2D eigenvalue weighted by Gasteiger charge is 2.26. The van der Waals surface area contributed by atoms with Gasteiger partial charge < -0.3 is 14.6 Å². The molecule has 0 unspecified atom stereocenters. The molecule has 1 N–H and O–H groups in total. The molecule has 1 heterocycles. The fraction of sp³-hybridized carbons (Fsp3) is 0.375. The maximum atomic E-state index is 8.10. The molecule has 1 atom stereocenters. The lowest BCUT2D eigenvalue weighted by Crippen LogP contribution is -2.19. The van der Waals surface area contributed by atoms with Crippen LogP contribution in [-0.2, 0) is 6.42 Å². The first-order valence-electron chi connectivity index (χ1n) is 11.9. The monoisotopic (exact) mass is 406 g/mol. The molecule has 0 radical (unpaired) electrons. The summed E-state index contributed by atoms with van der Waals surface area (Å²) >= 11 is 0. The molecule has 0 spiro atoms. The third kappa shape index (κ3) is 3.94. The Hall–Kier alpha value is -3.17. The van der Waals surface area contributed by atoms with Gasteiger partial charge in [-0.05, 0) is 68.9 Å². The van der Waals surface area contributed by atoms with Gasteiger partial charge in [-0.2, -0.15) is 4.98 Å². The van der Waals surface area contributed by atoms with Gasteiger partial charge in [0.15, 0.2) is 0 Å². The van der Waals surface area contributed by atoms with Crippen LogP contribution in [0, 0.1) is 6.57 Å². The third-order valence-electron chi connectivity index (χ3n) is 5.00. The second kappa shape index (κ2) is 8.68. The fourth-order valence-corrected chi connectivity index (χ4v) is 3.71. The highest BCUT2D eigenvalue weighted by Crippen LogP contribution is 2.38. The molecule has 0 aliphatic heterocycles. The number of aromatic nitrogens is 2. The Bertz CT molecular complexity index is 1240. The molecule has 0 fully saturated rings. The van der Waals surface area contributed by atoms with E-state index in [2.05, 4.69) is 20.3 Å². The molecule has 1 aromatic heterocycles. The summed E-state index contributed by atoms with van der Waals surface area (Å²) in [5, 5.41) is 7.00. The highest BCUT2D eigenvalue weighted by atomic mass is 16.5. The summed E-state index contributed by atoms with van der Waals surface area (Å²) in [6, 6.07) is 10.5. The van der Waals surface area contributed by atoms with E-state index in [0.717, 1.165) is 16.7 Å². The Morgan fingerprint density at radius 3 is 3.00 bits per heavy atom. The van der Waals surface area contributed by atoms with Crippen LogP contribution in [0.3, 0.4) is 0 Å². The zero-order valence-corrected chi connectivity index (χ0v) is 17.2. The summed E-state index contributed by atoms with van der Waals surface area (Å²) in [4.78, 5) is 8.10. The Morgan fingerprint density at radius 2 is 2.23 bits per heavy atom. The average molecular weight is 407 g/mol. The van der Waals surface area contributed by atoms with Crippen molar-refractivity contribution in [2.24, 2.45) is 0 Å². The number of benzene rings is 2. The second-order valence-electron chi connectivity index (χ2n) is 7.37.